The van der Waals surface area contributed by atoms with Gasteiger partial charge in [-0.25, -0.2) is 4.98 Å². The highest BCUT2D eigenvalue weighted by Gasteiger charge is 2.31. The standard InChI is InChI=1S/C47H33N3/c48-29-11-20-40(49)42-22-10-21-41(50-42)31-25-23-30(24-26-31)34-27-28-39-45-35(34)18-9-19-38(45)46-43(32-12-3-1-4-13-32)36-16-7-8-17-37(36)44(47(39)46)33-14-5-2-6-15-33/h1-29H,48-49H2/b29-11-,40-20-. The van der Waals surface area contributed by atoms with E-state index in [1.807, 2.05) is 18.2 Å². The lowest BCUT2D eigenvalue weighted by atomic mass is 9.82. The fourth-order valence-electron chi connectivity index (χ4n) is 7.68. The summed E-state index contributed by atoms with van der Waals surface area (Å²) in [6.45, 7) is 0. The molecule has 0 bridgehead atoms. The molecule has 0 amide bonds. The lowest BCUT2D eigenvalue weighted by Crippen LogP contribution is -1.99. The number of nitrogens with zero attached hydrogens (tertiary/aromatic N) is 1. The topological polar surface area (TPSA) is 64.9 Å². The molecule has 9 rings (SSSR count). The van der Waals surface area contributed by atoms with Crippen molar-refractivity contribution in [2.24, 2.45) is 11.5 Å². The lowest BCUT2D eigenvalue weighted by Gasteiger charge is -2.20. The van der Waals surface area contributed by atoms with Gasteiger partial charge in [0.05, 0.1) is 17.1 Å². The highest BCUT2D eigenvalue weighted by Crippen LogP contribution is 2.58. The second-order valence-corrected chi connectivity index (χ2v) is 12.7. The van der Waals surface area contributed by atoms with Crippen molar-refractivity contribution < 1.29 is 0 Å². The molecule has 0 unspecified atom stereocenters. The zero-order chi connectivity index (χ0) is 33.6. The van der Waals surface area contributed by atoms with E-state index in [1.54, 1.807) is 12.2 Å². The average molecular weight is 640 g/mol. The quantitative estimate of drug-likeness (QED) is 0.178. The van der Waals surface area contributed by atoms with E-state index in [9.17, 15) is 0 Å². The fraction of sp³-hybridized carbons (Fsp3) is 0. The Morgan fingerprint density at radius 1 is 0.440 bits per heavy atom. The minimum atomic E-state index is 0.567. The summed E-state index contributed by atoms with van der Waals surface area (Å²) in [5.74, 6) is 0. The van der Waals surface area contributed by atoms with Crippen molar-refractivity contribution >= 4 is 27.2 Å². The van der Waals surface area contributed by atoms with Crippen LogP contribution in [0, 0.1) is 0 Å². The number of aromatic nitrogens is 1. The lowest BCUT2D eigenvalue weighted by molar-refractivity contribution is 1.26. The van der Waals surface area contributed by atoms with Crippen LogP contribution >= 0.6 is 0 Å². The average Bonchev–Trinajstić information content (AvgIpc) is 3.51. The summed E-state index contributed by atoms with van der Waals surface area (Å²) in [7, 11) is 0. The maximum Gasteiger partial charge on any atom is 0.0866 e. The Morgan fingerprint density at radius 3 is 1.62 bits per heavy atom. The van der Waals surface area contributed by atoms with Gasteiger partial charge >= 0.3 is 0 Å². The van der Waals surface area contributed by atoms with E-state index in [0.717, 1.165) is 16.8 Å². The summed E-state index contributed by atoms with van der Waals surface area (Å²) in [5.41, 5.74) is 27.5. The number of nitrogens with two attached hydrogens (primary N) is 2. The van der Waals surface area contributed by atoms with Gasteiger partial charge in [-0.3, -0.25) is 0 Å². The van der Waals surface area contributed by atoms with Crippen molar-refractivity contribution in [3.8, 4) is 66.9 Å². The molecule has 1 aliphatic carbocycles. The van der Waals surface area contributed by atoms with E-state index in [2.05, 4.69) is 140 Å². The van der Waals surface area contributed by atoms with Gasteiger partial charge in [0.25, 0.3) is 0 Å². The van der Waals surface area contributed by atoms with Crippen LogP contribution in [0.3, 0.4) is 0 Å². The summed E-state index contributed by atoms with van der Waals surface area (Å²) in [5, 5.41) is 5.08. The molecule has 0 saturated carbocycles. The van der Waals surface area contributed by atoms with Crippen LogP contribution in [-0.4, -0.2) is 4.98 Å². The van der Waals surface area contributed by atoms with Crippen molar-refractivity contribution in [1.82, 2.24) is 4.98 Å². The largest absolute Gasteiger partial charge is 0.405 e. The van der Waals surface area contributed by atoms with Crippen LogP contribution in [0.5, 0.6) is 0 Å². The van der Waals surface area contributed by atoms with Gasteiger partial charge in [-0.05, 0) is 108 Å². The SMILES string of the molecule is N/C=C\C=C(/N)c1cccc(-c2ccc(-c3ccc4c5c(cccc35)-c3c-4c(-c4ccccc4)c4ccccc4c3-c3ccccc3)cc2)n1. The Balaban J connectivity index is 1.25. The molecule has 0 saturated heterocycles. The van der Waals surface area contributed by atoms with Gasteiger partial charge in [-0.15, -0.1) is 0 Å². The Morgan fingerprint density at radius 2 is 0.980 bits per heavy atom. The van der Waals surface area contributed by atoms with Crippen LogP contribution in [0.4, 0.5) is 0 Å². The maximum atomic E-state index is 6.25. The van der Waals surface area contributed by atoms with Crippen molar-refractivity contribution in [2.45, 2.75) is 0 Å². The normalized spacial score (nSPS) is 12.2. The zero-order valence-corrected chi connectivity index (χ0v) is 27.3. The first-order valence-electron chi connectivity index (χ1n) is 16.9. The van der Waals surface area contributed by atoms with Gasteiger partial charge < -0.3 is 11.5 Å². The van der Waals surface area contributed by atoms with Crippen LogP contribution in [0.1, 0.15) is 5.69 Å². The Bertz CT molecular complexity index is 2540. The molecule has 0 atom stereocenters. The zero-order valence-electron chi connectivity index (χ0n) is 27.3. The smallest absolute Gasteiger partial charge is 0.0866 e. The highest BCUT2D eigenvalue weighted by molar-refractivity contribution is 6.28. The van der Waals surface area contributed by atoms with E-state index in [-0.39, 0.29) is 0 Å². The van der Waals surface area contributed by atoms with Gasteiger partial charge in [0.1, 0.15) is 0 Å². The second-order valence-electron chi connectivity index (χ2n) is 12.7. The molecule has 1 aromatic heterocycles. The predicted molar refractivity (Wildman–Crippen MR) is 211 cm³/mol. The number of hydrogen-bond acceptors (Lipinski definition) is 3. The third-order valence-electron chi connectivity index (χ3n) is 9.84. The molecule has 1 aliphatic rings. The third kappa shape index (κ3) is 4.71. The molecule has 0 spiro atoms. The molecule has 0 aliphatic heterocycles. The minimum Gasteiger partial charge on any atom is -0.405 e. The molecule has 236 valence electrons. The second kappa shape index (κ2) is 12.1. The Kier molecular flexibility index (Phi) is 7.10. The van der Waals surface area contributed by atoms with Crippen LogP contribution in [-0.2, 0) is 0 Å². The van der Waals surface area contributed by atoms with E-state index in [4.69, 9.17) is 16.5 Å². The van der Waals surface area contributed by atoms with E-state index < -0.39 is 0 Å². The molecule has 0 radical (unpaired) electrons. The molecule has 7 aromatic carbocycles. The fourth-order valence-corrected chi connectivity index (χ4v) is 7.68. The summed E-state index contributed by atoms with van der Waals surface area (Å²) < 4.78 is 0. The van der Waals surface area contributed by atoms with E-state index in [1.165, 1.54) is 77.8 Å². The summed E-state index contributed by atoms with van der Waals surface area (Å²) >= 11 is 0. The first-order valence-corrected chi connectivity index (χ1v) is 16.9. The van der Waals surface area contributed by atoms with Crippen molar-refractivity contribution in [3.05, 3.63) is 182 Å². The number of allylic oxidation sites excluding steroid dienone is 2. The van der Waals surface area contributed by atoms with Crippen LogP contribution in [0.15, 0.2) is 176 Å². The number of rotatable bonds is 6. The van der Waals surface area contributed by atoms with E-state index in [0.29, 0.717) is 11.4 Å². The van der Waals surface area contributed by atoms with Gasteiger partial charge in [0.2, 0.25) is 0 Å². The molecular weight excluding hydrogens is 607 g/mol. The molecule has 4 N–H and O–H groups in total. The number of pyridine rings is 1. The highest BCUT2D eigenvalue weighted by atomic mass is 14.8. The van der Waals surface area contributed by atoms with E-state index >= 15 is 0 Å². The summed E-state index contributed by atoms with van der Waals surface area (Å²) in [6.07, 6.45) is 4.93. The third-order valence-corrected chi connectivity index (χ3v) is 9.84. The van der Waals surface area contributed by atoms with Crippen LogP contribution in [0.25, 0.3) is 94.1 Å². The van der Waals surface area contributed by atoms with Crippen molar-refractivity contribution in [2.75, 3.05) is 0 Å². The first kappa shape index (κ1) is 29.4. The predicted octanol–water partition coefficient (Wildman–Crippen LogP) is 11.5. The molecule has 3 nitrogen and oxygen atoms in total. The van der Waals surface area contributed by atoms with Gasteiger partial charge in [0, 0.05) is 5.56 Å². The Hall–Kier alpha value is -6.71. The van der Waals surface area contributed by atoms with Gasteiger partial charge in [-0.2, -0.15) is 0 Å². The molecule has 50 heavy (non-hydrogen) atoms. The molecule has 8 aromatic rings. The first-order chi connectivity index (χ1) is 24.7. The number of hydrogen-bond donors (Lipinski definition) is 2. The molecule has 3 heteroatoms. The summed E-state index contributed by atoms with van der Waals surface area (Å²) in [4.78, 5) is 4.82. The maximum absolute atomic E-state index is 6.25. The molecular formula is C47H33N3. The van der Waals surface area contributed by atoms with Crippen molar-refractivity contribution in [1.29, 1.82) is 0 Å². The number of fused-ring (bicyclic) bond motifs is 4. The molecule has 0 fully saturated rings. The summed E-state index contributed by atoms with van der Waals surface area (Å²) in [6, 6.07) is 56.7. The van der Waals surface area contributed by atoms with Gasteiger partial charge in [0.15, 0.2) is 0 Å². The van der Waals surface area contributed by atoms with Crippen molar-refractivity contribution in [3.63, 3.8) is 0 Å². The van der Waals surface area contributed by atoms with Crippen LogP contribution in [0.2, 0.25) is 0 Å². The van der Waals surface area contributed by atoms with Crippen LogP contribution < -0.4 is 11.5 Å². The molecule has 1 heterocycles. The minimum absolute atomic E-state index is 0.567. The number of benzene rings is 7. The monoisotopic (exact) mass is 639 g/mol. The van der Waals surface area contributed by atoms with Gasteiger partial charge in [-0.1, -0.05) is 146 Å². The Labute approximate surface area is 291 Å².